The van der Waals surface area contributed by atoms with Gasteiger partial charge in [-0.3, -0.25) is 0 Å². The molecule has 1 aromatic heterocycles. The monoisotopic (exact) mass is 300 g/mol. The number of hydrogen-bond donors (Lipinski definition) is 1. The van der Waals surface area contributed by atoms with Gasteiger partial charge in [-0.15, -0.1) is 12.6 Å². The van der Waals surface area contributed by atoms with Crippen molar-refractivity contribution in [3.8, 4) is 11.8 Å². The standard InChI is InChI=1S/C19H12N2S/c20-12-14-9-10-18(16-7-3-2-6-15(14)16)21-17-8-4-1-5-13(17)11-19(21)22/h1-11,22H. The predicted octanol–water partition coefficient (Wildman–Crippen LogP) is 4.94. The highest BCUT2D eigenvalue weighted by Gasteiger charge is 2.12. The van der Waals surface area contributed by atoms with Gasteiger partial charge in [0.2, 0.25) is 0 Å². The smallest absolute Gasteiger partial charge is 0.0998 e. The SMILES string of the molecule is N#Cc1ccc(-n2c(S)cc3ccccc32)c2ccccc12. The summed E-state index contributed by atoms with van der Waals surface area (Å²) >= 11 is 4.64. The van der Waals surface area contributed by atoms with Gasteiger partial charge in [0, 0.05) is 16.2 Å². The first kappa shape index (κ1) is 13.0. The molecule has 4 aromatic rings. The number of fused-ring (bicyclic) bond motifs is 2. The summed E-state index contributed by atoms with van der Waals surface area (Å²) in [6.07, 6.45) is 0. The third kappa shape index (κ3) is 1.82. The van der Waals surface area contributed by atoms with Gasteiger partial charge in [0.15, 0.2) is 0 Å². The first-order valence-corrected chi connectivity index (χ1v) is 7.46. The topological polar surface area (TPSA) is 28.7 Å². The summed E-state index contributed by atoms with van der Waals surface area (Å²) in [6.45, 7) is 0. The molecule has 0 bridgehead atoms. The van der Waals surface area contributed by atoms with Gasteiger partial charge in [0.1, 0.15) is 0 Å². The van der Waals surface area contributed by atoms with E-state index in [1.165, 1.54) is 0 Å². The van der Waals surface area contributed by atoms with E-state index in [1.54, 1.807) is 0 Å². The Hall–Kier alpha value is -2.70. The summed E-state index contributed by atoms with van der Waals surface area (Å²) < 4.78 is 2.13. The summed E-state index contributed by atoms with van der Waals surface area (Å²) in [7, 11) is 0. The number of rotatable bonds is 1. The Bertz CT molecular complexity index is 1050. The minimum atomic E-state index is 0.691. The molecular formula is C19H12N2S. The van der Waals surface area contributed by atoms with Crippen LogP contribution in [0.15, 0.2) is 71.8 Å². The van der Waals surface area contributed by atoms with Crippen molar-refractivity contribution in [1.82, 2.24) is 4.57 Å². The first-order valence-electron chi connectivity index (χ1n) is 7.01. The number of nitriles is 1. The van der Waals surface area contributed by atoms with Gasteiger partial charge in [0.25, 0.3) is 0 Å². The van der Waals surface area contributed by atoms with Crippen LogP contribution < -0.4 is 0 Å². The molecule has 0 aliphatic rings. The molecule has 0 atom stereocenters. The van der Waals surface area contributed by atoms with Crippen LogP contribution in [0, 0.1) is 11.3 Å². The maximum absolute atomic E-state index is 9.31. The summed E-state index contributed by atoms with van der Waals surface area (Å²) in [5.41, 5.74) is 2.85. The van der Waals surface area contributed by atoms with E-state index in [1.807, 2.05) is 48.5 Å². The van der Waals surface area contributed by atoms with E-state index in [0.717, 1.165) is 32.4 Å². The van der Waals surface area contributed by atoms with Crippen LogP contribution in [0.3, 0.4) is 0 Å². The van der Waals surface area contributed by atoms with Crippen molar-refractivity contribution in [3.05, 3.63) is 72.3 Å². The van der Waals surface area contributed by atoms with E-state index in [2.05, 4.69) is 41.5 Å². The van der Waals surface area contributed by atoms with Crippen molar-refractivity contribution in [1.29, 1.82) is 5.26 Å². The Balaban J connectivity index is 2.14. The second kappa shape index (κ2) is 4.94. The summed E-state index contributed by atoms with van der Waals surface area (Å²) in [5, 5.41) is 13.4. The molecule has 0 aliphatic heterocycles. The Morgan fingerprint density at radius 1 is 0.864 bits per heavy atom. The number of hydrogen-bond acceptors (Lipinski definition) is 2. The first-order chi connectivity index (χ1) is 10.8. The molecule has 0 unspecified atom stereocenters. The lowest BCUT2D eigenvalue weighted by Crippen LogP contribution is -1.96. The van der Waals surface area contributed by atoms with Gasteiger partial charge in [-0.2, -0.15) is 5.26 Å². The van der Waals surface area contributed by atoms with Crippen molar-refractivity contribution >= 4 is 34.3 Å². The van der Waals surface area contributed by atoms with Gasteiger partial charge < -0.3 is 4.57 Å². The Labute approximate surface area is 133 Å². The normalized spacial score (nSPS) is 10.9. The van der Waals surface area contributed by atoms with E-state index in [0.29, 0.717) is 5.56 Å². The van der Waals surface area contributed by atoms with Crippen molar-refractivity contribution < 1.29 is 0 Å². The number of para-hydroxylation sites is 1. The van der Waals surface area contributed by atoms with Crippen molar-refractivity contribution in [3.63, 3.8) is 0 Å². The summed E-state index contributed by atoms with van der Waals surface area (Å²) in [4.78, 5) is 0. The minimum absolute atomic E-state index is 0.691. The van der Waals surface area contributed by atoms with Gasteiger partial charge >= 0.3 is 0 Å². The van der Waals surface area contributed by atoms with E-state index in [9.17, 15) is 5.26 Å². The maximum atomic E-state index is 9.31. The highest BCUT2D eigenvalue weighted by Crippen LogP contribution is 2.32. The molecule has 3 aromatic carbocycles. The lowest BCUT2D eigenvalue weighted by Gasteiger charge is -2.12. The van der Waals surface area contributed by atoms with Gasteiger partial charge in [-0.1, -0.05) is 42.5 Å². The van der Waals surface area contributed by atoms with Gasteiger partial charge in [-0.05, 0) is 24.3 Å². The van der Waals surface area contributed by atoms with Crippen LogP contribution in [-0.2, 0) is 0 Å². The Morgan fingerprint density at radius 3 is 2.41 bits per heavy atom. The fraction of sp³-hybridized carbons (Fsp3) is 0. The molecule has 3 heteroatoms. The fourth-order valence-electron chi connectivity index (χ4n) is 2.97. The quantitative estimate of drug-likeness (QED) is 0.495. The molecule has 0 amide bonds. The van der Waals surface area contributed by atoms with Crippen LogP contribution in [0.25, 0.3) is 27.4 Å². The maximum Gasteiger partial charge on any atom is 0.0998 e. The Kier molecular flexibility index (Phi) is 2.92. The van der Waals surface area contributed by atoms with Crippen LogP contribution >= 0.6 is 12.6 Å². The molecule has 22 heavy (non-hydrogen) atoms. The molecule has 0 spiro atoms. The van der Waals surface area contributed by atoms with E-state index < -0.39 is 0 Å². The van der Waals surface area contributed by atoms with E-state index >= 15 is 0 Å². The number of thiol groups is 1. The zero-order valence-electron chi connectivity index (χ0n) is 11.7. The largest absolute Gasteiger partial charge is 0.304 e. The van der Waals surface area contributed by atoms with Crippen molar-refractivity contribution in [2.45, 2.75) is 5.03 Å². The zero-order chi connectivity index (χ0) is 15.1. The molecule has 4 rings (SSSR count). The highest BCUT2D eigenvalue weighted by atomic mass is 32.1. The van der Waals surface area contributed by atoms with Crippen molar-refractivity contribution in [2.24, 2.45) is 0 Å². The van der Waals surface area contributed by atoms with Crippen LogP contribution in [0.5, 0.6) is 0 Å². The number of benzene rings is 3. The van der Waals surface area contributed by atoms with Crippen LogP contribution in [0.2, 0.25) is 0 Å². The van der Waals surface area contributed by atoms with E-state index in [4.69, 9.17) is 0 Å². The number of aromatic nitrogens is 1. The average Bonchev–Trinajstić information content (AvgIpc) is 2.89. The average molecular weight is 300 g/mol. The van der Waals surface area contributed by atoms with Crippen LogP contribution in [0.1, 0.15) is 5.56 Å². The highest BCUT2D eigenvalue weighted by molar-refractivity contribution is 7.80. The molecule has 0 radical (unpaired) electrons. The Morgan fingerprint density at radius 2 is 1.59 bits per heavy atom. The van der Waals surface area contributed by atoms with Crippen LogP contribution in [0.4, 0.5) is 0 Å². The molecular weight excluding hydrogens is 288 g/mol. The lowest BCUT2D eigenvalue weighted by molar-refractivity contribution is 1.01. The molecule has 0 saturated heterocycles. The lowest BCUT2D eigenvalue weighted by atomic mass is 10.0. The van der Waals surface area contributed by atoms with Gasteiger partial charge in [0.05, 0.1) is 27.9 Å². The molecule has 1 heterocycles. The van der Waals surface area contributed by atoms with E-state index in [-0.39, 0.29) is 0 Å². The van der Waals surface area contributed by atoms with Gasteiger partial charge in [-0.25, -0.2) is 0 Å². The third-order valence-electron chi connectivity index (χ3n) is 3.95. The number of nitrogens with zero attached hydrogens (tertiary/aromatic N) is 2. The molecule has 2 nitrogen and oxygen atoms in total. The molecule has 0 N–H and O–H groups in total. The summed E-state index contributed by atoms with van der Waals surface area (Å²) in [5.74, 6) is 0. The fourth-order valence-corrected chi connectivity index (χ4v) is 3.32. The molecule has 104 valence electrons. The minimum Gasteiger partial charge on any atom is -0.304 e. The van der Waals surface area contributed by atoms with Crippen LogP contribution in [-0.4, -0.2) is 4.57 Å². The second-order valence-electron chi connectivity index (χ2n) is 5.19. The second-order valence-corrected chi connectivity index (χ2v) is 5.64. The predicted molar refractivity (Wildman–Crippen MR) is 92.7 cm³/mol. The molecule has 0 aliphatic carbocycles. The third-order valence-corrected chi connectivity index (χ3v) is 4.28. The molecule has 0 fully saturated rings. The van der Waals surface area contributed by atoms with Crippen molar-refractivity contribution in [2.75, 3.05) is 0 Å². The molecule has 0 saturated carbocycles. The summed E-state index contributed by atoms with van der Waals surface area (Å²) in [6, 6.07) is 24.4. The zero-order valence-corrected chi connectivity index (χ0v) is 12.6.